The summed E-state index contributed by atoms with van der Waals surface area (Å²) in [7, 11) is 2.05. The second-order valence-electron chi connectivity index (χ2n) is 5.78. The van der Waals surface area contributed by atoms with Gasteiger partial charge >= 0.3 is 0 Å². The number of halogens is 2. The molecule has 0 N–H and O–H groups in total. The molecule has 0 spiro atoms. The van der Waals surface area contributed by atoms with Gasteiger partial charge in [-0.05, 0) is 36.8 Å². The number of hydrogen-bond donors (Lipinski definition) is 0. The number of nitrogens with zero attached hydrogens (tertiary/aromatic N) is 2. The average molecular weight is 372 g/mol. The third-order valence-electron chi connectivity index (χ3n) is 3.78. The van der Waals surface area contributed by atoms with Crippen molar-refractivity contribution in [2.24, 2.45) is 7.05 Å². The lowest BCUT2D eigenvalue weighted by Gasteiger charge is -2.02. The molecule has 0 amide bonds. The first-order valence-corrected chi connectivity index (χ1v) is 8.28. The Morgan fingerprint density at radius 1 is 0.875 bits per heavy atom. The van der Waals surface area contributed by atoms with E-state index in [1.165, 1.54) is 17.5 Å². The van der Waals surface area contributed by atoms with E-state index in [4.69, 9.17) is 4.74 Å². The average Bonchev–Trinajstić information content (AvgIpc) is 2.55. The first-order valence-electron chi connectivity index (χ1n) is 8.28. The summed E-state index contributed by atoms with van der Waals surface area (Å²) in [6, 6.07) is 8.86. The third-order valence-corrected chi connectivity index (χ3v) is 3.78. The first-order chi connectivity index (χ1) is 10.8. The van der Waals surface area contributed by atoms with Crippen molar-refractivity contribution in [3.8, 4) is 0 Å². The Morgan fingerprint density at radius 3 is 1.96 bits per heavy atom. The maximum atomic E-state index is 5.52. The molecule has 0 aromatic carbocycles. The largest absolute Gasteiger partial charge is 1.00 e. The van der Waals surface area contributed by atoms with Crippen LogP contribution in [-0.4, -0.2) is 13.2 Å². The standard InChI is InChI=1S/C19H28N2O.2ClH/c1-3-16-22-17-15-21-13-9-19(10-14-21)6-4-5-18-7-11-20(2)12-8-18;;/h7-14H,3-6,15-17H2,1-2H3;2*1H/q+2;;/p-1. The van der Waals surface area contributed by atoms with Crippen LogP contribution in [0.5, 0.6) is 0 Å². The second kappa shape index (κ2) is 13.2. The van der Waals surface area contributed by atoms with Crippen LogP contribution in [0.1, 0.15) is 30.9 Å². The van der Waals surface area contributed by atoms with E-state index < -0.39 is 0 Å². The molecule has 2 rings (SSSR count). The van der Waals surface area contributed by atoms with Crippen LogP contribution < -0.4 is 21.5 Å². The molecule has 2 aromatic heterocycles. The van der Waals surface area contributed by atoms with Crippen LogP contribution in [0.2, 0.25) is 0 Å². The molecule has 0 aliphatic heterocycles. The van der Waals surface area contributed by atoms with E-state index in [0.29, 0.717) is 0 Å². The summed E-state index contributed by atoms with van der Waals surface area (Å²) in [5, 5.41) is 0. The van der Waals surface area contributed by atoms with Crippen molar-refractivity contribution >= 4 is 12.4 Å². The molecule has 0 unspecified atom stereocenters. The van der Waals surface area contributed by atoms with Crippen LogP contribution in [0, 0.1) is 0 Å². The molecule has 3 nitrogen and oxygen atoms in total. The molecule has 2 heterocycles. The normalized spacial score (nSPS) is 9.92. The van der Waals surface area contributed by atoms with E-state index in [1.54, 1.807) is 0 Å². The summed E-state index contributed by atoms with van der Waals surface area (Å²) >= 11 is 0. The lowest BCUT2D eigenvalue weighted by Crippen LogP contribution is -3.00. The molecule has 0 aliphatic carbocycles. The minimum Gasteiger partial charge on any atom is -1.00 e. The molecule has 0 bridgehead atoms. The Hall–Kier alpha value is -1.16. The van der Waals surface area contributed by atoms with Crippen molar-refractivity contribution in [1.29, 1.82) is 0 Å². The predicted octanol–water partition coefficient (Wildman–Crippen LogP) is -0.174. The van der Waals surface area contributed by atoms with Crippen LogP contribution in [0.15, 0.2) is 49.1 Å². The maximum Gasteiger partial charge on any atom is 0.171 e. The van der Waals surface area contributed by atoms with Crippen LogP contribution >= 0.6 is 12.4 Å². The van der Waals surface area contributed by atoms with Crippen molar-refractivity contribution in [3.05, 3.63) is 60.2 Å². The highest BCUT2D eigenvalue weighted by atomic mass is 35.5. The highest BCUT2D eigenvalue weighted by molar-refractivity contribution is 5.85. The van der Waals surface area contributed by atoms with E-state index in [-0.39, 0.29) is 24.8 Å². The Morgan fingerprint density at radius 2 is 1.42 bits per heavy atom. The molecule has 0 atom stereocenters. The zero-order valence-corrected chi connectivity index (χ0v) is 16.2. The van der Waals surface area contributed by atoms with E-state index in [9.17, 15) is 0 Å². The summed E-state index contributed by atoms with van der Waals surface area (Å²) in [6.07, 6.45) is 13.1. The van der Waals surface area contributed by atoms with Gasteiger partial charge in [0.25, 0.3) is 0 Å². The van der Waals surface area contributed by atoms with Crippen LogP contribution in [-0.2, 0) is 31.2 Å². The first kappa shape index (κ1) is 22.8. The zero-order chi connectivity index (χ0) is 15.6. The van der Waals surface area contributed by atoms with E-state index in [2.05, 4.69) is 72.2 Å². The third kappa shape index (κ3) is 8.62. The minimum atomic E-state index is 0. The highest BCUT2D eigenvalue weighted by Gasteiger charge is 2.02. The molecule has 0 saturated carbocycles. The van der Waals surface area contributed by atoms with Gasteiger partial charge in [0.2, 0.25) is 0 Å². The summed E-state index contributed by atoms with van der Waals surface area (Å²) in [6.45, 7) is 4.72. The van der Waals surface area contributed by atoms with Gasteiger partial charge in [-0.2, -0.15) is 0 Å². The van der Waals surface area contributed by atoms with Gasteiger partial charge in [-0.1, -0.05) is 6.92 Å². The Kier molecular flexibility index (Phi) is 12.5. The fraction of sp³-hybridized carbons (Fsp3) is 0.474. The van der Waals surface area contributed by atoms with Gasteiger partial charge in [0, 0.05) is 30.9 Å². The fourth-order valence-electron chi connectivity index (χ4n) is 2.42. The zero-order valence-electron chi connectivity index (χ0n) is 14.7. The SMILES string of the molecule is CCCOCC[n+]1ccc(CCCc2cc[n+](C)cc2)cc1.Cl.[Cl-]. The molecular weight excluding hydrogens is 343 g/mol. The van der Waals surface area contributed by atoms with Crippen LogP contribution in [0.4, 0.5) is 0 Å². The van der Waals surface area contributed by atoms with Gasteiger partial charge in [-0.15, -0.1) is 12.4 Å². The van der Waals surface area contributed by atoms with Crippen molar-refractivity contribution in [1.82, 2.24) is 0 Å². The summed E-state index contributed by atoms with van der Waals surface area (Å²) in [5.41, 5.74) is 2.82. The van der Waals surface area contributed by atoms with Crippen LogP contribution in [0.25, 0.3) is 0 Å². The molecule has 0 fully saturated rings. The van der Waals surface area contributed by atoms with Gasteiger partial charge in [-0.3, -0.25) is 0 Å². The van der Waals surface area contributed by atoms with E-state index in [0.717, 1.165) is 39.0 Å². The Balaban J connectivity index is 0.00000264. The molecule has 0 radical (unpaired) electrons. The van der Waals surface area contributed by atoms with Crippen molar-refractivity contribution in [3.63, 3.8) is 0 Å². The Bertz CT molecular complexity index is 544. The maximum absolute atomic E-state index is 5.52. The molecule has 5 heteroatoms. The van der Waals surface area contributed by atoms with Gasteiger partial charge in [-0.25, -0.2) is 9.13 Å². The number of hydrogen-bond acceptors (Lipinski definition) is 1. The number of pyridine rings is 2. The predicted molar refractivity (Wildman–Crippen MR) is 94.6 cm³/mol. The quantitative estimate of drug-likeness (QED) is 0.441. The molecule has 134 valence electrons. The van der Waals surface area contributed by atoms with Crippen LogP contribution in [0.3, 0.4) is 0 Å². The van der Waals surface area contributed by atoms with Crippen molar-refractivity contribution in [2.45, 2.75) is 39.2 Å². The molecule has 0 saturated heterocycles. The second-order valence-corrected chi connectivity index (χ2v) is 5.78. The lowest BCUT2D eigenvalue weighted by atomic mass is 10.1. The van der Waals surface area contributed by atoms with Gasteiger partial charge in [0.1, 0.15) is 13.7 Å². The number of rotatable bonds is 9. The topological polar surface area (TPSA) is 17.0 Å². The van der Waals surface area contributed by atoms with Gasteiger partial charge < -0.3 is 17.1 Å². The number of ether oxygens (including phenoxy) is 1. The van der Waals surface area contributed by atoms with Crippen molar-refractivity contribution < 1.29 is 26.3 Å². The van der Waals surface area contributed by atoms with E-state index in [1.807, 2.05) is 0 Å². The van der Waals surface area contributed by atoms with E-state index >= 15 is 0 Å². The monoisotopic (exact) mass is 371 g/mol. The number of aryl methyl sites for hydroxylation is 3. The Labute approximate surface area is 158 Å². The fourth-order valence-corrected chi connectivity index (χ4v) is 2.42. The van der Waals surface area contributed by atoms with Gasteiger partial charge in [0.05, 0.1) is 0 Å². The molecule has 0 aliphatic rings. The highest BCUT2D eigenvalue weighted by Crippen LogP contribution is 2.06. The smallest absolute Gasteiger partial charge is 0.171 e. The van der Waals surface area contributed by atoms with Crippen molar-refractivity contribution in [2.75, 3.05) is 13.2 Å². The summed E-state index contributed by atoms with van der Waals surface area (Å²) in [5.74, 6) is 0. The lowest BCUT2D eigenvalue weighted by molar-refractivity contribution is -0.698. The summed E-state index contributed by atoms with van der Waals surface area (Å²) in [4.78, 5) is 0. The molecular formula is C19H29Cl2N2O+. The summed E-state index contributed by atoms with van der Waals surface area (Å²) < 4.78 is 9.78. The van der Waals surface area contributed by atoms with Gasteiger partial charge in [0.15, 0.2) is 31.3 Å². The number of aromatic nitrogens is 2. The minimum absolute atomic E-state index is 0. The molecule has 2 aromatic rings. The molecule has 24 heavy (non-hydrogen) atoms.